The molecular formula is C27H45ClN2O4. The lowest BCUT2D eigenvalue weighted by molar-refractivity contribution is -0.141. The smallest absolute Gasteiger partial charge is 0.410 e. The summed E-state index contributed by atoms with van der Waals surface area (Å²) in [5.74, 6) is 3.22. The van der Waals surface area contributed by atoms with E-state index in [2.05, 4.69) is 19.2 Å². The minimum atomic E-state index is -0.410. The highest BCUT2D eigenvalue weighted by molar-refractivity contribution is 5.85. The predicted molar refractivity (Wildman–Crippen MR) is 134 cm³/mol. The summed E-state index contributed by atoms with van der Waals surface area (Å²) in [6.07, 6.45) is 11.3. The van der Waals surface area contributed by atoms with Gasteiger partial charge in [-0.1, -0.05) is 13.8 Å². The third kappa shape index (κ3) is 4.25. The molecule has 2 N–H and O–H groups in total. The second-order valence-electron chi connectivity index (χ2n) is 12.5. The van der Waals surface area contributed by atoms with Crippen LogP contribution in [0.3, 0.4) is 0 Å². The molecule has 1 saturated heterocycles. The molecule has 0 spiro atoms. The van der Waals surface area contributed by atoms with E-state index in [1.54, 1.807) is 11.9 Å². The number of β-amino-alcohol motifs (C(OH)–C–C–N with tert-alkyl or cyclic N) is 1. The number of carbonyl (C=O) groups excluding carboxylic acids is 2. The van der Waals surface area contributed by atoms with E-state index in [0.717, 1.165) is 50.4 Å². The average Bonchev–Trinajstić information content (AvgIpc) is 3.16. The quantitative estimate of drug-likeness (QED) is 0.576. The number of nitrogens with one attached hydrogen (secondary N) is 1. The van der Waals surface area contributed by atoms with Crippen LogP contribution in [-0.4, -0.2) is 54.4 Å². The van der Waals surface area contributed by atoms with Gasteiger partial charge in [-0.05, 0) is 105 Å². The third-order valence-corrected chi connectivity index (χ3v) is 11.1. The summed E-state index contributed by atoms with van der Waals surface area (Å²) < 4.78 is 5.98. The number of likely N-dealkylation sites (tertiary alicyclic amines) is 1. The normalized spacial score (nSPS) is 45.8. The van der Waals surface area contributed by atoms with E-state index in [4.69, 9.17) is 4.74 Å². The van der Waals surface area contributed by atoms with Crippen molar-refractivity contribution in [3.8, 4) is 0 Å². The molecule has 5 rings (SSSR count). The van der Waals surface area contributed by atoms with Gasteiger partial charge in [-0.25, -0.2) is 4.79 Å². The Hall–Kier alpha value is -1.01. The van der Waals surface area contributed by atoms with Gasteiger partial charge in [0.25, 0.3) is 0 Å². The molecule has 194 valence electrons. The Morgan fingerprint density at radius 3 is 2.44 bits per heavy atom. The highest BCUT2D eigenvalue weighted by Gasteiger charge is 2.61. The number of hydrogen-bond acceptors (Lipinski definition) is 4. The molecular weight excluding hydrogens is 452 g/mol. The fourth-order valence-corrected chi connectivity index (χ4v) is 9.27. The van der Waals surface area contributed by atoms with Crippen molar-refractivity contribution in [2.75, 3.05) is 20.1 Å². The van der Waals surface area contributed by atoms with Crippen molar-refractivity contribution in [1.82, 2.24) is 10.2 Å². The van der Waals surface area contributed by atoms with E-state index < -0.39 is 6.10 Å². The maximum absolute atomic E-state index is 12.7. The van der Waals surface area contributed by atoms with Gasteiger partial charge in [-0.3, -0.25) is 4.79 Å². The molecule has 0 aromatic heterocycles. The number of halogens is 1. The van der Waals surface area contributed by atoms with Crippen LogP contribution in [0.1, 0.15) is 84.5 Å². The zero-order valence-electron chi connectivity index (χ0n) is 21.3. The highest BCUT2D eigenvalue weighted by atomic mass is 35.5. The van der Waals surface area contributed by atoms with Gasteiger partial charge in [0.1, 0.15) is 6.10 Å². The lowest BCUT2D eigenvalue weighted by Gasteiger charge is -2.61. The van der Waals surface area contributed by atoms with Crippen LogP contribution >= 0.6 is 12.4 Å². The summed E-state index contributed by atoms with van der Waals surface area (Å²) in [6, 6.07) is 0. The van der Waals surface area contributed by atoms with E-state index in [-0.39, 0.29) is 41.8 Å². The Morgan fingerprint density at radius 1 is 0.971 bits per heavy atom. The van der Waals surface area contributed by atoms with Gasteiger partial charge in [0.15, 0.2) is 0 Å². The monoisotopic (exact) mass is 496 g/mol. The Labute approximate surface area is 211 Å². The maximum Gasteiger partial charge on any atom is 0.410 e. The van der Waals surface area contributed by atoms with Gasteiger partial charge in [-0.2, -0.15) is 0 Å². The molecule has 5 fully saturated rings. The number of fused-ring (bicyclic) bond motifs is 5. The number of hydrogen-bond donors (Lipinski definition) is 2. The first-order chi connectivity index (χ1) is 15.8. The number of aliphatic hydroxyl groups excluding tert-OH is 1. The molecule has 0 aromatic rings. The Bertz CT molecular complexity index is 780. The molecule has 2 amide bonds. The Kier molecular flexibility index (Phi) is 7.51. The first kappa shape index (κ1) is 26.1. The topological polar surface area (TPSA) is 78.9 Å². The number of piperidine rings is 1. The lowest BCUT2D eigenvalue weighted by atomic mass is 9.44. The maximum atomic E-state index is 12.7. The number of amides is 2. The molecule has 4 unspecified atom stereocenters. The van der Waals surface area contributed by atoms with Crippen molar-refractivity contribution in [2.45, 2.75) is 96.7 Å². The molecule has 4 aliphatic carbocycles. The van der Waals surface area contributed by atoms with E-state index >= 15 is 0 Å². The summed E-state index contributed by atoms with van der Waals surface area (Å²) in [5, 5.41) is 12.8. The Balaban J connectivity index is 0.00000274. The highest BCUT2D eigenvalue weighted by Crippen LogP contribution is 2.67. The molecule has 5 aliphatic rings. The first-order valence-electron chi connectivity index (χ1n) is 13.6. The van der Waals surface area contributed by atoms with Gasteiger partial charge in [-0.15, -0.1) is 12.4 Å². The fraction of sp³-hybridized carbons (Fsp3) is 0.926. The van der Waals surface area contributed by atoms with Crippen LogP contribution in [-0.2, 0) is 9.53 Å². The van der Waals surface area contributed by atoms with Gasteiger partial charge >= 0.3 is 6.09 Å². The number of ether oxygens (including phenoxy) is 1. The van der Waals surface area contributed by atoms with Crippen molar-refractivity contribution < 1.29 is 19.4 Å². The molecule has 34 heavy (non-hydrogen) atoms. The summed E-state index contributed by atoms with van der Waals surface area (Å²) in [4.78, 5) is 27.0. The first-order valence-corrected chi connectivity index (χ1v) is 13.6. The molecule has 7 heteroatoms. The summed E-state index contributed by atoms with van der Waals surface area (Å²) in [5.41, 5.74) is 0.496. The van der Waals surface area contributed by atoms with Crippen LogP contribution < -0.4 is 5.32 Å². The fourth-order valence-electron chi connectivity index (χ4n) is 9.27. The largest absolute Gasteiger partial charge is 0.446 e. The number of aliphatic hydroxyl groups is 1. The number of carbonyl (C=O) groups is 2. The lowest BCUT2D eigenvalue weighted by Crippen LogP contribution is -2.55. The molecule has 1 heterocycles. The van der Waals surface area contributed by atoms with Gasteiger partial charge in [0, 0.05) is 26.1 Å². The summed E-state index contributed by atoms with van der Waals surface area (Å²) in [7, 11) is 1.79. The van der Waals surface area contributed by atoms with Crippen molar-refractivity contribution in [3.63, 3.8) is 0 Å². The van der Waals surface area contributed by atoms with Crippen LogP contribution in [0.15, 0.2) is 0 Å². The van der Waals surface area contributed by atoms with Crippen LogP contribution in [0, 0.1) is 40.4 Å². The summed E-state index contributed by atoms with van der Waals surface area (Å²) >= 11 is 0. The minimum Gasteiger partial charge on any atom is -0.446 e. The zero-order valence-corrected chi connectivity index (χ0v) is 22.1. The number of rotatable bonds is 2. The molecule has 4 saturated carbocycles. The standard InChI is InChI=1S/C27H44N2O4.ClH/c1-26-12-10-19(33-25(32)29-14-4-5-18(30)16-29)15-17(26)6-7-20-21-8-9-23(24(31)28-3)27(21,2)13-11-22(20)26;/h17-23,30H,4-16H2,1-3H3,(H,28,31);1H/t17?,18?,19?,20-,21-,22+,23?,26-,27-;/m0./s1. The molecule has 0 aromatic carbocycles. The van der Waals surface area contributed by atoms with Crippen molar-refractivity contribution in [3.05, 3.63) is 0 Å². The minimum absolute atomic E-state index is 0. The third-order valence-electron chi connectivity index (χ3n) is 11.1. The second-order valence-corrected chi connectivity index (χ2v) is 12.5. The van der Waals surface area contributed by atoms with Gasteiger partial charge in [0.2, 0.25) is 5.91 Å². The van der Waals surface area contributed by atoms with Crippen LogP contribution in [0.2, 0.25) is 0 Å². The van der Waals surface area contributed by atoms with E-state index in [1.807, 2.05) is 0 Å². The molecule has 0 radical (unpaired) electrons. The SMILES string of the molecule is CNC(=O)C1CC[C@H]2[C@@H]3CCC4CC(OC(=O)N5CCCC(O)C5)CC[C@]4(C)[C@@H]3CC[C@]12C.Cl. The predicted octanol–water partition coefficient (Wildman–Crippen LogP) is 4.78. The van der Waals surface area contributed by atoms with Gasteiger partial charge < -0.3 is 20.1 Å². The molecule has 9 atom stereocenters. The van der Waals surface area contributed by atoms with Crippen molar-refractivity contribution in [2.24, 2.45) is 40.4 Å². The van der Waals surface area contributed by atoms with E-state index in [0.29, 0.717) is 30.3 Å². The van der Waals surface area contributed by atoms with Crippen LogP contribution in [0.4, 0.5) is 4.79 Å². The van der Waals surface area contributed by atoms with E-state index in [1.165, 1.54) is 32.1 Å². The Morgan fingerprint density at radius 2 is 1.71 bits per heavy atom. The number of nitrogens with zero attached hydrogens (tertiary/aromatic N) is 1. The van der Waals surface area contributed by atoms with Crippen LogP contribution in [0.25, 0.3) is 0 Å². The molecule has 6 nitrogen and oxygen atoms in total. The van der Waals surface area contributed by atoms with Gasteiger partial charge in [0.05, 0.1) is 6.10 Å². The van der Waals surface area contributed by atoms with E-state index in [9.17, 15) is 14.7 Å². The summed E-state index contributed by atoms with van der Waals surface area (Å²) in [6.45, 7) is 6.04. The molecule has 1 aliphatic heterocycles. The second kappa shape index (κ2) is 9.80. The van der Waals surface area contributed by atoms with Crippen LogP contribution in [0.5, 0.6) is 0 Å². The zero-order chi connectivity index (χ0) is 23.4. The van der Waals surface area contributed by atoms with Crippen molar-refractivity contribution >= 4 is 24.4 Å². The average molecular weight is 497 g/mol. The molecule has 0 bridgehead atoms. The van der Waals surface area contributed by atoms with Crippen molar-refractivity contribution in [1.29, 1.82) is 0 Å².